The van der Waals surface area contributed by atoms with Crippen molar-refractivity contribution < 1.29 is 9.90 Å². The fraction of sp³-hybridized carbons (Fsp3) is 0.615. The number of piperidine rings is 1. The van der Waals surface area contributed by atoms with Crippen molar-refractivity contribution in [1.82, 2.24) is 15.3 Å². The van der Waals surface area contributed by atoms with E-state index in [0.29, 0.717) is 5.92 Å². The summed E-state index contributed by atoms with van der Waals surface area (Å²) in [6.07, 6.45) is 3.84. The van der Waals surface area contributed by atoms with Crippen molar-refractivity contribution in [2.75, 3.05) is 31.1 Å². The lowest BCUT2D eigenvalue weighted by Crippen LogP contribution is -2.41. The van der Waals surface area contributed by atoms with Gasteiger partial charge in [0.15, 0.2) is 0 Å². The largest absolute Gasteiger partial charge is 0.480 e. The van der Waals surface area contributed by atoms with Gasteiger partial charge < -0.3 is 15.3 Å². The number of anilines is 1. The highest BCUT2D eigenvalue weighted by Crippen LogP contribution is 2.21. The summed E-state index contributed by atoms with van der Waals surface area (Å²) in [7, 11) is 0. The summed E-state index contributed by atoms with van der Waals surface area (Å²) in [5, 5.41) is 11.6. The van der Waals surface area contributed by atoms with Crippen LogP contribution in [-0.2, 0) is 4.79 Å². The van der Waals surface area contributed by atoms with Crippen LogP contribution in [0.25, 0.3) is 0 Å². The predicted molar refractivity (Wildman–Crippen MR) is 72.2 cm³/mol. The third-order valence-electron chi connectivity index (χ3n) is 3.34. The van der Waals surface area contributed by atoms with E-state index in [0.717, 1.165) is 44.0 Å². The first-order valence-electron chi connectivity index (χ1n) is 6.61. The maximum Gasteiger partial charge on any atom is 0.317 e. The van der Waals surface area contributed by atoms with Crippen LogP contribution in [0.1, 0.15) is 18.5 Å². The Morgan fingerprint density at radius 1 is 1.58 bits per heavy atom. The molecule has 19 heavy (non-hydrogen) atoms. The van der Waals surface area contributed by atoms with Crippen molar-refractivity contribution >= 4 is 11.8 Å². The average molecular weight is 264 g/mol. The van der Waals surface area contributed by atoms with E-state index in [4.69, 9.17) is 5.11 Å². The number of nitrogens with zero attached hydrogens (tertiary/aromatic N) is 3. The number of aliphatic carboxylic acids is 1. The molecular formula is C13H20N4O2. The van der Waals surface area contributed by atoms with E-state index >= 15 is 0 Å². The molecule has 1 aromatic heterocycles. The molecule has 1 aliphatic rings. The molecule has 1 aromatic rings. The minimum Gasteiger partial charge on any atom is -0.480 e. The molecule has 6 nitrogen and oxygen atoms in total. The van der Waals surface area contributed by atoms with Crippen LogP contribution < -0.4 is 10.2 Å². The molecule has 2 heterocycles. The van der Waals surface area contributed by atoms with Crippen molar-refractivity contribution in [2.24, 2.45) is 5.92 Å². The molecule has 1 aliphatic heterocycles. The fourth-order valence-electron chi connectivity index (χ4n) is 2.44. The number of carboxylic acids is 1. The highest BCUT2D eigenvalue weighted by atomic mass is 16.4. The second kappa shape index (κ2) is 6.47. The Morgan fingerprint density at radius 3 is 3.16 bits per heavy atom. The van der Waals surface area contributed by atoms with Gasteiger partial charge >= 0.3 is 5.97 Å². The molecule has 1 atom stereocenters. The number of aryl methyl sites for hydroxylation is 1. The summed E-state index contributed by atoms with van der Waals surface area (Å²) in [5.41, 5.74) is 0.969. The van der Waals surface area contributed by atoms with E-state index in [1.807, 2.05) is 13.0 Å². The Balaban J connectivity index is 1.88. The highest BCUT2D eigenvalue weighted by Gasteiger charge is 2.20. The van der Waals surface area contributed by atoms with Crippen LogP contribution in [0.15, 0.2) is 12.4 Å². The third-order valence-corrected chi connectivity index (χ3v) is 3.34. The van der Waals surface area contributed by atoms with Crippen LogP contribution in [-0.4, -0.2) is 47.2 Å². The second-order valence-corrected chi connectivity index (χ2v) is 5.00. The normalized spacial score (nSPS) is 19.4. The molecule has 1 saturated heterocycles. The van der Waals surface area contributed by atoms with Gasteiger partial charge in [0, 0.05) is 31.4 Å². The molecule has 1 fully saturated rings. The molecule has 0 amide bonds. The van der Waals surface area contributed by atoms with E-state index in [2.05, 4.69) is 20.2 Å². The molecule has 0 aliphatic carbocycles. The molecule has 6 heteroatoms. The zero-order valence-corrected chi connectivity index (χ0v) is 11.2. The standard InChI is InChI=1S/C13H20N4O2/c1-10-5-12(16-9-15-10)17-4-2-3-11(8-17)6-14-7-13(18)19/h5,9,11,14H,2-4,6-8H2,1H3,(H,18,19). The van der Waals surface area contributed by atoms with Crippen molar-refractivity contribution in [2.45, 2.75) is 19.8 Å². The van der Waals surface area contributed by atoms with E-state index in [1.54, 1.807) is 6.33 Å². The fourth-order valence-corrected chi connectivity index (χ4v) is 2.44. The van der Waals surface area contributed by atoms with Gasteiger partial charge in [-0.05, 0) is 25.7 Å². The summed E-state index contributed by atoms with van der Waals surface area (Å²) in [6.45, 7) is 4.66. The molecule has 1 unspecified atom stereocenters. The molecule has 2 rings (SSSR count). The van der Waals surface area contributed by atoms with Crippen LogP contribution >= 0.6 is 0 Å². The van der Waals surface area contributed by atoms with Gasteiger partial charge in [0.25, 0.3) is 0 Å². The lowest BCUT2D eigenvalue weighted by Gasteiger charge is -2.33. The van der Waals surface area contributed by atoms with Crippen LogP contribution in [0.2, 0.25) is 0 Å². The number of hydrogen-bond donors (Lipinski definition) is 2. The second-order valence-electron chi connectivity index (χ2n) is 5.00. The van der Waals surface area contributed by atoms with Gasteiger partial charge in [-0.2, -0.15) is 0 Å². The van der Waals surface area contributed by atoms with E-state index in [9.17, 15) is 4.79 Å². The first-order valence-corrected chi connectivity index (χ1v) is 6.61. The van der Waals surface area contributed by atoms with Crippen molar-refractivity contribution in [1.29, 1.82) is 0 Å². The lowest BCUT2D eigenvalue weighted by atomic mass is 9.98. The monoisotopic (exact) mass is 264 g/mol. The molecule has 0 radical (unpaired) electrons. The molecule has 0 aromatic carbocycles. The molecular weight excluding hydrogens is 244 g/mol. The van der Waals surface area contributed by atoms with Crippen LogP contribution in [0.3, 0.4) is 0 Å². The van der Waals surface area contributed by atoms with Gasteiger partial charge in [-0.25, -0.2) is 9.97 Å². The first-order chi connectivity index (χ1) is 9.15. The topological polar surface area (TPSA) is 78.4 Å². The summed E-state index contributed by atoms with van der Waals surface area (Å²) >= 11 is 0. The lowest BCUT2D eigenvalue weighted by molar-refractivity contribution is -0.136. The SMILES string of the molecule is Cc1cc(N2CCCC(CNCC(=O)O)C2)ncn1. The van der Waals surface area contributed by atoms with Gasteiger partial charge in [-0.15, -0.1) is 0 Å². The van der Waals surface area contributed by atoms with Crippen LogP contribution in [0.5, 0.6) is 0 Å². The summed E-state index contributed by atoms with van der Waals surface area (Å²) in [5.74, 6) is 0.637. The maximum absolute atomic E-state index is 10.5. The Hall–Kier alpha value is -1.69. The number of aromatic nitrogens is 2. The highest BCUT2D eigenvalue weighted by molar-refractivity contribution is 5.68. The molecule has 0 spiro atoms. The minimum atomic E-state index is -0.806. The number of carbonyl (C=O) groups is 1. The third kappa shape index (κ3) is 4.17. The van der Waals surface area contributed by atoms with E-state index in [1.165, 1.54) is 0 Å². The van der Waals surface area contributed by atoms with Crippen molar-refractivity contribution in [3.63, 3.8) is 0 Å². The number of nitrogens with one attached hydrogen (secondary N) is 1. The van der Waals surface area contributed by atoms with Gasteiger partial charge in [0.2, 0.25) is 0 Å². The first kappa shape index (κ1) is 13.7. The van der Waals surface area contributed by atoms with Gasteiger partial charge in [-0.3, -0.25) is 4.79 Å². The Labute approximate surface area is 112 Å². The summed E-state index contributed by atoms with van der Waals surface area (Å²) in [4.78, 5) is 21.1. The van der Waals surface area contributed by atoms with E-state index in [-0.39, 0.29) is 6.54 Å². The Morgan fingerprint density at radius 2 is 2.42 bits per heavy atom. The number of hydrogen-bond acceptors (Lipinski definition) is 5. The zero-order chi connectivity index (χ0) is 13.7. The molecule has 0 saturated carbocycles. The smallest absolute Gasteiger partial charge is 0.317 e. The number of carboxylic acid groups (broad SMARTS) is 1. The van der Waals surface area contributed by atoms with Gasteiger partial charge in [0.05, 0.1) is 6.54 Å². The van der Waals surface area contributed by atoms with Crippen molar-refractivity contribution in [3.8, 4) is 0 Å². The molecule has 0 bridgehead atoms. The average Bonchev–Trinajstić information content (AvgIpc) is 2.39. The predicted octanol–water partition coefficient (Wildman–Crippen LogP) is 0.676. The minimum absolute atomic E-state index is 0.0309. The number of rotatable bonds is 5. The Bertz CT molecular complexity index is 438. The molecule has 104 valence electrons. The summed E-state index contributed by atoms with van der Waals surface area (Å²) in [6, 6.07) is 1.99. The van der Waals surface area contributed by atoms with Crippen molar-refractivity contribution in [3.05, 3.63) is 18.1 Å². The molecule has 2 N–H and O–H groups in total. The van der Waals surface area contributed by atoms with Crippen LogP contribution in [0, 0.1) is 12.8 Å². The van der Waals surface area contributed by atoms with Crippen LogP contribution in [0.4, 0.5) is 5.82 Å². The zero-order valence-electron chi connectivity index (χ0n) is 11.2. The van der Waals surface area contributed by atoms with Gasteiger partial charge in [-0.1, -0.05) is 0 Å². The Kier molecular flexibility index (Phi) is 4.68. The summed E-state index contributed by atoms with van der Waals surface area (Å²) < 4.78 is 0. The quantitative estimate of drug-likeness (QED) is 0.814. The van der Waals surface area contributed by atoms with Gasteiger partial charge in [0.1, 0.15) is 12.1 Å². The maximum atomic E-state index is 10.5. The van der Waals surface area contributed by atoms with E-state index < -0.39 is 5.97 Å².